The highest BCUT2D eigenvalue weighted by atomic mass is 32.1. The van der Waals surface area contributed by atoms with Crippen LogP contribution in [0, 0.1) is 0 Å². The summed E-state index contributed by atoms with van der Waals surface area (Å²) in [6.07, 6.45) is 6.19. The molecule has 1 aliphatic rings. The fourth-order valence-electron chi connectivity index (χ4n) is 2.40. The average Bonchev–Trinajstić information content (AvgIpc) is 3.05. The molecule has 2 rings (SSSR count). The lowest BCUT2D eigenvalue weighted by atomic mass is 10.2. The molecular formula is C14H25N3S. The van der Waals surface area contributed by atoms with E-state index >= 15 is 0 Å². The Morgan fingerprint density at radius 2 is 2.39 bits per heavy atom. The Labute approximate surface area is 115 Å². The van der Waals surface area contributed by atoms with E-state index in [1.54, 1.807) is 11.3 Å². The van der Waals surface area contributed by atoms with E-state index in [-0.39, 0.29) is 0 Å². The molecule has 18 heavy (non-hydrogen) atoms. The van der Waals surface area contributed by atoms with Gasteiger partial charge in [0.2, 0.25) is 0 Å². The topological polar surface area (TPSA) is 28.2 Å². The fourth-order valence-corrected chi connectivity index (χ4v) is 3.34. The van der Waals surface area contributed by atoms with Crippen molar-refractivity contribution in [3.63, 3.8) is 0 Å². The first-order valence-corrected chi connectivity index (χ1v) is 8.14. The van der Waals surface area contributed by atoms with Crippen LogP contribution < -0.4 is 10.2 Å². The van der Waals surface area contributed by atoms with E-state index in [2.05, 4.69) is 29.4 Å². The first kappa shape index (κ1) is 13.8. The zero-order chi connectivity index (χ0) is 12.8. The minimum Gasteiger partial charge on any atom is -0.347 e. The zero-order valence-corrected chi connectivity index (χ0v) is 12.4. The molecule has 0 saturated carbocycles. The Hall–Kier alpha value is -0.610. The van der Waals surface area contributed by atoms with Crippen LogP contribution in [0.25, 0.3) is 0 Å². The molecule has 1 aromatic rings. The third kappa shape index (κ3) is 3.69. The molecule has 0 amide bonds. The highest BCUT2D eigenvalue weighted by Gasteiger charge is 2.19. The van der Waals surface area contributed by atoms with Crippen LogP contribution in [0.1, 0.15) is 45.2 Å². The molecule has 0 bridgehead atoms. The van der Waals surface area contributed by atoms with Gasteiger partial charge in [-0.05, 0) is 32.2 Å². The Morgan fingerprint density at radius 1 is 1.50 bits per heavy atom. The van der Waals surface area contributed by atoms with Crippen molar-refractivity contribution >= 4 is 16.5 Å². The zero-order valence-electron chi connectivity index (χ0n) is 11.6. The van der Waals surface area contributed by atoms with Gasteiger partial charge in [-0.2, -0.15) is 0 Å². The van der Waals surface area contributed by atoms with Crippen molar-refractivity contribution in [2.24, 2.45) is 0 Å². The molecule has 4 heteroatoms. The lowest BCUT2D eigenvalue weighted by molar-refractivity contribution is 0.571. The number of aryl methyl sites for hydroxylation is 1. The summed E-state index contributed by atoms with van der Waals surface area (Å²) >= 11 is 1.80. The molecule has 1 unspecified atom stereocenters. The maximum atomic E-state index is 4.74. The molecule has 0 spiro atoms. The smallest absolute Gasteiger partial charge is 0.185 e. The molecular weight excluding hydrogens is 242 g/mol. The monoisotopic (exact) mass is 267 g/mol. The Morgan fingerprint density at radius 3 is 3.00 bits per heavy atom. The molecule has 1 atom stereocenters. The van der Waals surface area contributed by atoms with Gasteiger partial charge < -0.3 is 10.2 Å². The predicted molar refractivity (Wildman–Crippen MR) is 79.6 cm³/mol. The molecule has 1 aliphatic heterocycles. The maximum absolute atomic E-state index is 4.74. The molecule has 1 N–H and O–H groups in total. The third-order valence-electron chi connectivity index (χ3n) is 3.56. The summed E-state index contributed by atoms with van der Waals surface area (Å²) in [5.41, 5.74) is 1.23. The number of anilines is 1. The van der Waals surface area contributed by atoms with E-state index < -0.39 is 0 Å². The first-order chi connectivity index (χ1) is 8.83. The second-order valence-electron chi connectivity index (χ2n) is 5.07. The van der Waals surface area contributed by atoms with Crippen LogP contribution in [0.5, 0.6) is 0 Å². The second kappa shape index (κ2) is 7.10. The molecule has 3 nitrogen and oxygen atoms in total. The summed E-state index contributed by atoms with van der Waals surface area (Å²) in [6, 6.07) is 0.663. The highest BCUT2D eigenvalue weighted by molar-refractivity contribution is 7.13. The normalized spacial score (nSPS) is 19.3. The van der Waals surface area contributed by atoms with Crippen molar-refractivity contribution in [2.75, 3.05) is 24.5 Å². The van der Waals surface area contributed by atoms with Gasteiger partial charge in [0.25, 0.3) is 0 Å². The highest BCUT2D eigenvalue weighted by Crippen LogP contribution is 2.22. The van der Waals surface area contributed by atoms with Gasteiger partial charge in [-0.15, -0.1) is 11.3 Å². The van der Waals surface area contributed by atoms with E-state index in [4.69, 9.17) is 4.98 Å². The molecule has 0 radical (unpaired) electrons. The van der Waals surface area contributed by atoms with Crippen molar-refractivity contribution in [3.05, 3.63) is 11.1 Å². The van der Waals surface area contributed by atoms with Gasteiger partial charge in [0.15, 0.2) is 5.13 Å². The van der Waals surface area contributed by atoms with Gasteiger partial charge in [-0.25, -0.2) is 4.98 Å². The summed E-state index contributed by atoms with van der Waals surface area (Å²) in [5, 5.41) is 7.01. The van der Waals surface area contributed by atoms with Crippen LogP contribution in [0.15, 0.2) is 5.38 Å². The first-order valence-electron chi connectivity index (χ1n) is 7.26. The summed E-state index contributed by atoms with van der Waals surface area (Å²) in [7, 11) is 0. The number of hydrogen-bond acceptors (Lipinski definition) is 4. The number of unbranched alkanes of at least 4 members (excludes halogenated alkanes) is 1. The van der Waals surface area contributed by atoms with E-state index in [0.29, 0.717) is 6.04 Å². The number of nitrogens with zero attached hydrogens (tertiary/aromatic N) is 2. The molecule has 1 saturated heterocycles. The van der Waals surface area contributed by atoms with Gasteiger partial charge in [0, 0.05) is 24.5 Å². The largest absolute Gasteiger partial charge is 0.347 e. The fraction of sp³-hybridized carbons (Fsp3) is 0.786. The standard InChI is InChI=1S/C14H25N3S/c1-3-5-9-17(10-13-7-6-8-15-13)14-16-12(4-2)11-18-14/h11,13,15H,3-10H2,1-2H3. The van der Waals surface area contributed by atoms with E-state index in [1.165, 1.54) is 43.1 Å². The number of thiazole rings is 1. The Balaban J connectivity index is 1.98. The van der Waals surface area contributed by atoms with Gasteiger partial charge >= 0.3 is 0 Å². The number of aromatic nitrogens is 1. The number of nitrogens with one attached hydrogen (secondary N) is 1. The van der Waals surface area contributed by atoms with Gasteiger partial charge in [0.1, 0.15) is 0 Å². The van der Waals surface area contributed by atoms with Crippen LogP contribution in [0.4, 0.5) is 5.13 Å². The van der Waals surface area contributed by atoms with Crippen LogP contribution in [0.2, 0.25) is 0 Å². The van der Waals surface area contributed by atoms with E-state index in [9.17, 15) is 0 Å². The van der Waals surface area contributed by atoms with Crippen molar-refractivity contribution < 1.29 is 0 Å². The Kier molecular flexibility index (Phi) is 5.45. The van der Waals surface area contributed by atoms with Gasteiger partial charge in [0.05, 0.1) is 5.69 Å². The van der Waals surface area contributed by atoms with E-state index in [1.807, 2.05) is 0 Å². The van der Waals surface area contributed by atoms with Crippen LogP contribution in [-0.2, 0) is 6.42 Å². The van der Waals surface area contributed by atoms with Crippen molar-refractivity contribution in [1.29, 1.82) is 0 Å². The summed E-state index contributed by atoms with van der Waals surface area (Å²) < 4.78 is 0. The van der Waals surface area contributed by atoms with E-state index in [0.717, 1.165) is 19.5 Å². The van der Waals surface area contributed by atoms with Crippen LogP contribution in [0.3, 0.4) is 0 Å². The predicted octanol–water partition coefficient (Wildman–Crippen LogP) is 3.06. The quantitative estimate of drug-likeness (QED) is 0.823. The number of rotatable bonds is 7. The van der Waals surface area contributed by atoms with Crippen molar-refractivity contribution in [3.8, 4) is 0 Å². The minimum absolute atomic E-state index is 0.663. The molecule has 1 fully saturated rings. The third-order valence-corrected chi connectivity index (χ3v) is 4.51. The van der Waals surface area contributed by atoms with Crippen molar-refractivity contribution in [1.82, 2.24) is 10.3 Å². The summed E-state index contributed by atoms with van der Waals surface area (Å²) in [6.45, 7) is 7.88. The van der Waals surface area contributed by atoms with Crippen LogP contribution in [-0.4, -0.2) is 30.7 Å². The lowest BCUT2D eigenvalue weighted by Crippen LogP contribution is -2.38. The van der Waals surface area contributed by atoms with Crippen LogP contribution >= 0.6 is 11.3 Å². The minimum atomic E-state index is 0.663. The van der Waals surface area contributed by atoms with Gasteiger partial charge in [-0.3, -0.25) is 0 Å². The Bertz CT molecular complexity index is 345. The molecule has 102 valence electrons. The SMILES string of the molecule is CCCCN(CC1CCCN1)c1nc(CC)cs1. The molecule has 2 heterocycles. The molecule has 0 aromatic carbocycles. The molecule has 1 aromatic heterocycles. The second-order valence-corrected chi connectivity index (χ2v) is 5.90. The number of hydrogen-bond donors (Lipinski definition) is 1. The maximum Gasteiger partial charge on any atom is 0.185 e. The van der Waals surface area contributed by atoms with Crippen molar-refractivity contribution in [2.45, 2.75) is 52.0 Å². The summed E-state index contributed by atoms with van der Waals surface area (Å²) in [4.78, 5) is 7.22. The summed E-state index contributed by atoms with van der Waals surface area (Å²) in [5.74, 6) is 0. The average molecular weight is 267 g/mol. The van der Waals surface area contributed by atoms with Gasteiger partial charge in [-0.1, -0.05) is 20.3 Å². The lowest BCUT2D eigenvalue weighted by Gasteiger charge is -2.25. The molecule has 0 aliphatic carbocycles.